The van der Waals surface area contributed by atoms with Crippen LogP contribution in [0.15, 0.2) is 41.0 Å². The van der Waals surface area contributed by atoms with E-state index in [2.05, 4.69) is 4.99 Å². The molecule has 1 aromatic carbocycles. The molecule has 1 rings (SSSR count). The minimum absolute atomic E-state index is 0.139. The van der Waals surface area contributed by atoms with Crippen LogP contribution in [0.3, 0.4) is 0 Å². The molecule has 0 saturated carbocycles. The van der Waals surface area contributed by atoms with Crippen molar-refractivity contribution >= 4 is 28.7 Å². The Kier molecular flexibility index (Phi) is 7.93. The highest BCUT2D eigenvalue weighted by Gasteiger charge is 2.33. The Balaban J connectivity index is 3.01. The monoisotopic (exact) mass is 391 g/mol. The number of halogens is 3. The number of para-hydroxylation sites is 1. The molecule has 0 aromatic heterocycles. The lowest BCUT2D eigenvalue weighted by Crippen LogP contribution is -2.48. The van der Waals surface area contributed by atoms with Gasteiger partial charge in [-0.05, 0) is 19.2 Å². The van der Waals surface area contributed by atoms with Gasteiger partial charge in [-0.2, -0.15) is 13.2 Å². The van der Waals surface area contributed by atoms with Crippen LogP contribution in [0.2, 0.25) is 0 Å². The molecule has 2 amide bonds. The number of nitrogens with zero attached hydrogens (tertiary/aromatic N) is 3. The number of hydrazine groups is 2. The first-order valence-electron chi connectivity index (χ1n) is 7.25. The molecule has 26 heavy (non-hydrogen) atoms. The van der Waals surface area contributed by atoms with Crippen LogP contribution in [-0.4, -0.2) is 35.7 Å². The summed E-state index contributed by atoms with van der Waals surface area (Å²) in [5, 5.41) is 1.45. The predicted octanol–water partition coefficient (Wildman–Crippen LogP) is 2.99. The average Bonchev–Trinajstić information content (AvgIpc) is 2.59. The molecular weight excluding hydrogens is 371 g/mol. The summed E-state index contributed by atoms with van der Waals surface area (Å²) in [5.74, 6) is 11.1. The largest absolute Gasteiger partial charge is 0.468 e. The van der Waals surface area contributed by atoms with Gasteiger partial charge in [-0.15, -0.1) is 0 Å². The van der Waals surface area contributed by atoms with Crippen molar-refractivity contribution in [2.24, 2.45) is 16.7 Å². The molecule has 7 nitrogen and oxygen atoms in total. The topological polar surface area (TPSA) is 97.2 Å². The number of thioether (sulfide) groups is 1. The molecule has 1 aromatic rings. The van der Waals surface area contributed by atoms with Crippen LogP contribution < -0.4 is 16.7 Å². The van der Waals surface area contributed by atoms with Gasteiger partial charge in [0.2, 0.25) is 0 Å². The standard InChI is InChI=1S/C15H20F3N5O2S/c1-4-12(15(16,17)18)21-13(26-3)25-9-10-7-5-6-8-11(10)23(20)14(24)22(2)19/h4-8H,9,19-20H2,1-3H3/b12-4-,21-13-. The first-order valence-corrected chi connectivity index (χ1v) is 8.48. The summed E-state index contributed by atoms with van der Waals surface area (Å²) in [6.45, 7) is 1.10. The van der Waals surface area contributed by atoms with Gasteiger partial charge in [0, 0.05) is 12.6 Å². The van der Waals surface area contributed by atoms with Gasteiger partial charge < -0.3 is 4.74 Å². The number of anilines is 1. The molecule has 0 bridgehead atoms. The fourth-order valence-electron chi connectivity index (χ4n) is 1.81. The SMILES string of the molecule is C/C=C(\N=C(\OCc1ccccc1N(N)C(=O)N(C)N)SC)C(F)(F)F. The molecule has 0 unspecified atom stereocenters. The maximum atomic E-state index is 12.8. The Morgan fingerprint density at radius 2 is 1.96 bits per heavy atom. The molecule has 0 spiro atoms. The Labute approximate surface area is 153 Å². The third-order valence-corrected chi connectivity index (χ3v) is 3.62. The smallest absolute Gasteiger partial charge is 0.433 e. The lowest BCUT2D eigenvalue weighted by Gasteiger charge is -2.23. The van der Waals surface area contributed by atoms with E-state index < -0.39 is 17.9 Å². The van der Waals surface area contributed by atoms with Gasteiger partial charge in [0.05, 0.1) is 5.69 Å². The first kappa shape index (κ1) is 21.8. The highest BCUT2D eigenvalue weighted by Crippen LogP contribution is 2.28. The summed E-state index contributed by atoms with van der Waals surface area (Å²) < 4.78 is 43.8. The van der Waals surface area contributed by atoms with Gasteiger partial charge in [0.25, 0.3) is 5.23 Å². The van der Waals surface area contributed by atoms with Crippen molar-refractivity contribution in [3.05, 3.63) is 41.6 Å². The zero-order valence-corrected chi connectivity index (χ0v) is 15.3. The molecular formula is C15H20F3N5O2S. The lowest BCUT2D eigenvalue weighted by molar-refractivity contribution is -0.0926. The van der Waals surface area contributed by atoms with E-state index in [0.717, 1.165) is 27.9 Å². The highest BCUT2D eigenvalue weighted by molar-refractivity contribution is 8.12. The van der Waals surface area contributed by atoms with Gasteiger partial charge in [-0.25, -0.2) is 26.5 Å². The van der Waals surface area contributed by atoms with Crippen LogP contribution >= 0.6 is 11.8 Å². The van der Waals surface area contributed by atoms with E-state index in [0.29, 0.717) is 11.3 Å². The minimum Gasteiger partial charge on any atom is -0.468 e. The minimum atomic E-state index is -4.58. The number of hydrogen-bond acceptors (Lipinski definition) is 6. The number of nitrogens with two attached hydrogens (primary N) is 2. The Bertz CT molecular complexity index is 692. The second-order valence-corrected chi connectivity index (χ2v) is 5.69. The van der Waals surface area contributed by atoms with Gasteiger partial charge in [0.15, 0.2) is 0 Å². The number of aliphatic imine (C=N–C) groups is 1. The zero-order chi connectivity index (χ0) is 19.9. The lowest BCUT2D eigenvalue weighted by atomic mass is 10.2. The molecule has 0 aliphatic carbocycles. The Morgan fingerprint density at radius 1 is 1.35 bits per heavy atom. The summed E-state index contributed by atoms with van der Waals surface area (Å²) >= 11 is 0.921. The van der Waals surface area contributed by atoms with E-state index in [-0.39, 0.29) is 11.8 Å². The molecule has 4 N–H and O–H groups in total. The number of alkyl halides is 3. The average molecular weight is 391 g/mol. The maximum Gasteiger partial charge on any atom is 0.433 e. The molecule has 0 aliphatic heterocycles. The van der Waals surface area contributed by atoms with Crippen LogP contribution in [0.1, 0.15) is 12.5 Å². The van der Waals surface area contributed by atoms with Gasteiger partial charge in [-0.3, -0.25) is 5.01 Å². The van der Waals surface area contributed by atoms with Gasteiger partial charge in [-0.1, -0.05) is 36.0 Å². The molecule has 11 heteroatoms. The Hall–Kier alpha value is -2.24. The number of rotatable bonds is 4. The van der Waals surface area contributed by atoms with Gasteiger partial charge in [0.1, 0.15) is 12.3 Å². The predicted molar refractivity (Wildman–Crippen MR) is 96.0 cm³/mol. The normalized spacial score (nSPS) is 12.8. The number of urea groups is 1. The van der Waals surface area contributed by atoms with Crippen LogP contribution in [0.25, 0.3) is 0 Å². The van der Waals surface area contributed by atoms with E-state index in [1.54, 1.807) is 24.3 Å². The molecule has 0 aliphatic rings. The van der Waals surface area contributed by atoms with Crippen LogP contribution in [0.5, 0.6) is 0 Å². The number of carbonyl (C=O) groups excluding carboxylic acids is 1. The molecule has 0 atom stereocenters. The second kappa shape index (κ2) is 9.46. The van der Waals surface area contributed by atoms with Crippen LogP contribution in [0, 0.1) is 0 Å². The first-order chi connectivity index (χ1) is 12.1. The third-order valence-electron chi connectivity index (χ3n) is 3.06. The molecule has 0 heterocycles. The summed E-state index contributed by atoms with van der Waals surface area (Å²) in [7, 11) is 1.33. The van der Waals surface area contributed by atoms with E-state index in [1.165, 1.54) is 20.2 Å². The number of benzene rings is 1. The zero-order valence-electron chi connectivity index (χ0n) is 14.4. The number of hydrogen-bond donors (Lipinski definition) is 2. The fraction of sp³-hybridized carbons (Fsp3) is 0.333. The maximum absolute atomic E-state index is 12.8. The quantitative estimate of drug-likeness (QED) is 0.270. The van der Waals surface area contributed by atoms with Crippen molar-refractivity contribution in [1.82, 2.24) is 5.01 Å². The fourth-order valence-corrected chi connectivity index (χ4v) is 2.17. The van der Waals surface area contributed by atoms with Gasteiger partial charge >= 0.3 is 12.2 Å². The van der Waals surface area contributed by atoms with Crippen molar-refractivity contribution in [3.63, 3.8) is 0 Å². The number of amides is 2. The summed E-state index contributed by atoms with van der Waals surface area (Å²) in [6.07, 6.45) is -2.19. The molecule has 0 radical (unpaired) electrons. The number of ether oxygens (including phenoxy) is 1. The number of allylic oxidation sites excluding steroid dienone is 2. The molecule has 144 valence electrons. The molecule has 0 fully saturated rings. The third kappa shape index (κ3) is 5.93. The van der Waals surface area contributed by atoms with Crippen molar-refractivity contribution in [2.75, 3.05) is 18.3 Å². The van der Waals surface area contributed by atoms with E-state index >= 15 is 0 Å². The van der Waals surface area contributed by atoms with Crippen molar-refractivity contribution < 1.29 is 22.7 Å². The van der Waals surface area contributed by atoms with E-state index in [4.69, 9.17) is 16.4 Å². The summed E-state index contributed by atoms with van der Waals surface area (Å²) in [5.41, 5.74) is -0.283. The van der Waals surface area contributed by atoms with Crippen LogP contribution in [0.4, 0.5) is 23.7 Å². The second-order valence-electron chi connectivity index (χ2n) is 4.93. The van der Waals surface area contributed by atoms with E-state index in [1.807, 2.05) is 0 Å². The summed E-state index contributed by atoms with van der Waals surface area (Å²) in [4.78, 5) is 15.4. The van der Waals surface area contributed by atoms with Crippen molar-refractivity contribution in [3.8, 4) is 0 Å². The number of carbonyl (C=O) groups is 1. The summed E-state index contributed by atoms with van der Waals surface area (Å²) in [6, 6.07) is 5.83. The Morgan fingerprint density at radius 3 is 2.46 bits per heavy atom. The van der Waals surface area contributed by atoms with Crippen molar-refractivity contribution in [2.45, 2.75) is 19.7 Å². The molecule has 0 saturated heterocycles. The highest BCUT2D eigenvalue weighted by atomic mass is 32.2. The van der Waals surface area contributed by atoms with E-state index in [9.17, 15) is 18.0 Å². The van der Waals surface area contributed by atoms with Crippen molar-refractivity contribution in [1.29, 1.82) is 0 Å². The van der Waals surface area contributed by atoms with Crippen LogP contribution in [-0.2, 0) is 11.3 Å².